The van der Waals surface area contributed by atoms with Crippen molar-refractivity contribution in [3.63, 3.8) is 0 Å². The molecule has 1 unspecified atom stereocenters. The maximum atomic E-state index is 11.4. The zero-order valence-electron chi connectivity index (χ0n) is 9.90. The average molecular weight is 302 g/mol. The summed E-state index contributed by atoms with van der Waals surface area (Å²) in [6.45, 7) is 2.10. The first kappa shape index (κ1) is 14.0. The third-order valence-corrected chi connectivity index (χ3v) is 3.06. The quantitative estimate of drug-likeness (QED) is 0.844. The molecular formula is C12H16BrNO3. The summed E-state index contributed by atoms with van der Waals surface area (Å²) in [7, 11) is 1.60. The predicted molar refractivity (Wildman–Crippen MR) is 69.0 cm³/mol. The summed E-state index contributed by atoms with van der Waals surface area (Å²) in [6, 6.07) is 4.90. The van der Waals surface area contributed by atoms with Crippen molar-refractivity contribution in [3.05, 3.63) is 28.2 Å². The van der Waals surface area contributed by atoms with E-state index in [4.69, 9.17) is 15.2 Å². The molecule has 5 heteroatoms. The zero-order chi connectivity index (χ0) is 12.8. The van der Waals surface area contributed by atoms with Gasteiger partial charge in [0, 0.05) is 4.47 Å². The van der Waals surface area contributed by atoms with E-state index in [0.29, 0.717) is 13.0 Å². The van der Waals surface area contributed by atoms with Crippen LogP contribution in [0.1, 0.15) is 12.5 Å². The van der Waals surface area contributed by atoms with E-state index in [9.17, 15) is 4.79 Å². The molecular weight excluding hydrogens is 286 g/mol. The van der Waals surface area contributed by atoms with Gasteiger partial charge in [-0.15, -0.1) is 0 Å². The largest absolute Gasteiger partial charge is 0.497 e. The highest BCUT2D eigenvalue weighted by molar-refractivity contribution is 9.10. The number of halogens is 1. The van der Waals surface area contributed by atoms with Gasteiger partial charge in [-0.1, -0.05) is 15.9 Å². The van der Waals surface area contributed by atoms with Crippen LogP contribution >= 0.6 is 15.9 Å². The first-order valence-corrected chi connectivity index (χ1v) is 6.12. The molecule has 0 aliphatic rings. The predicted octanol–water partition coefficient (Wildman–Crippen LogP) is 1.89. The smallest absolute Gasteiger partial charge is 0.323 e. The van der Waals surface area contributed by atoms with E-state index in [1.807, 2.05) is 18.2 Å². The Kier molecular flexibility index (Phi) is 5.44. The van der Waals surface area contributed by atoms with Crippen molar-refractivity contribution in [1.29, 1.82) is 0 Å². The number of hydrogen-bond donors (Lipinski definition) is 1. The van der Waals surface area contributed by atoms with E-state index < -0.39 is 6.04 Å². The molecule has 0 bridgehead atoms. The van der Waals surface area contributed by atoms with Gasteiger partial charge in [0.1, 0.15) is 11.8 Å². The van der Waals surface area contributed by atoms with Crippen LogP contribution in [0.3, 0.4) is 0 Å². The summed E-state index contributed by atoms with van der Waals surface area (Å²) >= 11 is 3.41. The third-order valence-electron chi connectivity index (χ3n) is 2.28. The minimum atomic E-state index is -0.654. The lowest BCUT2D eigenvalue weighted by Crippen LogP contribution is -2.34. The molecule has 1 atom stereocenters. The molecule has 1 aromatic carbocycles. The number of ether oxygens (including phenoxy) is 2. The Morgan fingerprint density at radius 1 is 1.53 bits per heavy atom. The topological polar surface area (TPSA) is 61.5 Å². The molecule has 1 aromatic rings. The van der Waals surface area contributed by atoms with E-state index in [1.165, 1.54) is 0 Å². The summed E-state index contributed by atoms with van der Waals surface area (Å²) in [5.74, 6) is 0.349. The Balaban J connectivity index is 2.76. The maximum absolute atomic E-state index is 11.4. The molecule has 0 aliphatic carbocycles. The van der Waals surface area contributed by atoms with Gasteiger partial charge in [-0.2, -0.15) is 0 Å². The van der Waals surface area contributed by atoms with Crippen molar-refractivity contribution in [2.24, 2.45) is 5.73 Å². The molecule has 0 aromatic heterocycles. The summed E-state index contributed by atoms with van der Waals surface area (Å²) in [6.07, 6.45) is 0.413. The highest BCUT2D eigenvalue weighted by Crippen LogP contribution is 2.23. The van der Waals surface area contributed by atoms with Crippen LogP contribution in [-0.2, 0) is 16.0 Å². The number of nitrogens with two attached hydrogens (primary N) is 1. The third kappa shape index (κ3) is 4.02. The molecule has 94 valence electrons. The van der Waals surface area contributed by atoms with E-state index in [0.717, 1.165) is 15.8 Å². The zero-order valence-corrected chi connectivity index (χ0v) is 11.5. The van der Waals surface area contributed by atoms with Gasteiger partial charge in [-0.25, -0.2) is 0 Å². The molecule has 17 heavy (non-hydrogen) atoms. The van der Waals surface area contributed by atoms with Crippen molar-refractivity contribution in [1.82, 2.24) is 0 Å². The standard InChI is InChI=1S/C12H16BrNO3/c1-3-17-12(15)11(14)7-8-6-9(16-2)4-5-10(8)13/h4-6,11H,3,7,14H2,1-2H3. The van der Waals surface area contributed by atoms with E-state index in [1.54, 1.807) is 14.0 Å². The lowest BCUT2D eigenvalue weighted by atomic mass is 10.1. The van der Waals surface area contributed by atoms with Crippen LogP contribution in [0.4, 0.5) is 0 Å². The molecule has 0 saturated carbocycles. The first-order chi connectivity index (χ1) is 8.08. The molecule has 0 aliphatic heterocycles. The van der Waals surface area contributed by atoms with Crippen LogP contribution in [0.25, 0.3) is 0 Å². The number of hydrogen-bond acceptors (Lipinski definition) is 4. The van der Waals surface area contributed by atoms with Crippen LogP contribution < -0.4 is 10.5 Å². The van der Waals surface area contributed by atoms with Crippen LogP contribution in [0, 0.1) is 0 Å². The van der Waals surface area contributed by atoms with Gasteiger partial charge in [-0.05, 0) is 37.1 Å². The Morgan fingerprint density at radius 3 is 2.82 bits per heavy atom. The van der Waals surface area contributed by atoms with Crippen molar-refractivity contribution < 1.29 is 14.3 Å². The number of benzene rings is 1. The second-order valence-corrected chi connectivity index (χ2v) is 4.37. The summed E-state index contributed by atoms with van der Waals surface area (Å²) < 4.78 is 10.9. The fourth-order valence-corrected chi connectivity index (χ4v) is 1.81. The molecule has 2 N–H and O–H groups in total. The van der Waals surface area contributed by atoms with Crippen molar-refractivity contribution >= 4 is 21.9 Å². The highest BCUT2D eigenvalue weighted by atomic mass is 79.9. The highest BCUT2D eigenvalue weighted by Gasteiger charge is 2.16. The van der Waals surface area contributed by atoms with Crippen molar-refractivity contribution in [3.8, 4) is 5.75 Å². The van der Waals surface area contributed by atoms with E-state index in [2.05, 4.69) is 15.9 Å². The number of carbonyl (C=O) groups excluding carboxylic acids is 1. The van der Waals surface area contributed by atoms with Gasteiger partial charge >= 0.3 is 5.97 Å². The van der Waals surface area contributed by atoms with Gasteiger partial charge in [0.05, 0.1) is 13.7 Å². The Hall–Kier alpha value is -1.07. The lowest BCUT2D eigenvalue weighted by Gasteiger charge is -2.12. The summed E-state index contributed by atoms with van der Waals surface area (Å²) in [5, 5.41) is 0. The van der Waals surface area contributed by atoms with Gasteiger partial charge in [-0.3, -0.25) is 4.79 Å². The average Bonchev–Trinajstić information content (AvgIpc) is 2.32. The Bertz CT molecular complexity index is 395. The Morgan fingerprint density at radius 2 is 2.24 bits per heavy atom. The number of rotatable bonds is 5. The van der Waals surface area contributed by atoms with Gasteiger partial charge in [0.15, 0.2) is 0 Å². The minimum Gasteiger partial charge on any atom is -0.497 e. The van der Waals surface area contributed by atoms with E-state index >= 15 is 0 Å². The first-order valence-electron chi connectivity index (χ1n) is 5.33. The molecule has 0 saturated heterocycles. The van der Waals surface area contributed by atoms with Crippen molar-refractivity contribution in [2.75, 3.05) is 13.7 Å². The second-order valence-electron chi connectivity index (χ2n) is 3.52. The molecule has 0 amide bonds. The van der Waals surface area contributed by atoms with Crippen LogP contribution in [0.5, 0.6) is 5.75 Å². The summed E-state index contributed by atoms with van der Waals surface area (Å²) in [4.78, 5) is 11.4. The van der Waals surface area contributed by atoms with E-state index in [-0.39, 0.29) is 5.97 Å². The molecule has 1 rings (SSSR count). The van der Waals surface area contributed by atoms with Crippen LogP contribution in [0.2, 0.25) is 0 Å². The SMILES string of the molecule is CCOC(=O)C(N)Cc1cc(OC)ccc1Br. The second kappa shape index (κ2) is 6.61. The van der Waals surface area contributed by atoms with Gasteiger partial charge in [0.2, 0.25) is 0 Å². The fourth-order valence-electron chi connectivity index (χ4n) is 1.40. The van der Waals surface area contributed by atoms with Crippen molar-refractivity contribution in [2.45, 2.75) is 19.4 Å². The molecule has 0 fully saturated rings. The molecule has 4 nitrogen and oxygen atoms in total. The fraction of sp³-hybridized carbons (Fsp3) is 0.417. The molecule has 0 spiro atoms. The van der Waals surface area contributed by atoms with Gasteiger partial charge < -0.3 is 15.2 Å². The monoisotopic (exact) mass is 301 g/mol. The number of esters is 1. The number of methoxy groups -OCH3 is 1. The van der Waals surface area contributed by atoms with Gasteiger partial charge in [0.25, 0.3) is 0 Å². The maximum Gasteiger partial charge on any atom is 0.323 e. The summed E-state index contributed by atoms with van der Waals surface area (Å²) in [5.41, 5.74) is 6.68. The number of carbonyl (C=O) groups is 1. The normalized spacial score (nSPS) is 12.0. The molecule has 0 radical (unpaired) electrons. The Labute approximate surface area is 109 Å². The minimum absolute atomic E-state index is 0.339. The molecule has 0 heterocycles. The lowest BCUT2D eigenvalue weighted by molar-refractivity contribution is -0.144. The van der Waals surface area contributed by atoms with Crippen LogP contribution in [0.15, 0.2) is 22.7 Å². The van der Waals surface area contributed by atoms with Crippen LogP contribution in [-0.4, -0.2) is 25.7 Å².